The van der Waals surface area contributed by atoms with Crippen molar-refractivity contribution >= 4 is 46.2 Å². The lowest BCUT2D eigenvalue weighted by molar-refractivity contribution is 0.415. The Kier molecular flexibility index (Phi) is 3.58. The van der Waals surface area contributed by atoms with Gasteiger partial charge in [0.1, 0.15) is 5.75 Å². The fraction of sp³-hybridized carbons (Fsp3) is 0.214. The number of benzene rings is 1. The van der Waals surface area contributed by atoms with Crippen LogP contribution >= 0.6 is 35.2 Å². The van der Waals surface area contributed by atoms with Gasteiger partial charge in [-0.25, -0.2) is 0 Å². The topological polar surface area (TPSA) is 29.9 Å². The summed E-state index contributed by atoms with van der Waals surface area (Å²) in [5.41, 5.74) is 2.04. The molecule has 0 saturated carbocycles. The Balaban J connectivity index is 2.19. The zero-order chi connectivity index (χ0) is 14.3. The van der Waals surface area contributed by atoms with Crippen molar-refractivity contribution in [2.45, 2.75) is 13.0 Å². The van der Waals surface area contributed by atoms with Gasteiger partial charge in [-0.2, -0.15) is 0 Å². The van der Waals surface area contributed by atoms with Crippen LogP contribution < -0.4 is 4.74 Å². The average molecular weight is 325 g/mol. The average Bonchev–Trinajstić information content (AvgIpc) is 3.00. The third-order valence-corrected chi connectivity index (χ3v) is 5.02. The molecule has 0 fully saturated rings. The molecule has 104 valence electrons. The monoisotopic (exact) mass is 324 g/mol. The number of hydrogen-bond donors (Lipinski definition) is 1. The van der Waals surface area contributed by atoms with Crippen LogP contribution in [0.5, 0.6) is 5.75 Å². The number of thiophene rings is 1. The molecule has 3 aromatic rings. The van der Waals surface area contributed by atoms with E-state index >= 15 is 0 Å². The van der Waals surface area contributed by atoms with Gasteiger partial charge in [-0.1, -0.05) is 11.6 Å². The van der Waals surface area contributed by atoms with Crippen LogP contribution in [0.4, 0.5) is 0 Å². The lowest BCUT2D eigenvalue weighted by Crippen LogP contribution is -2.05. The summed E-state index contributed by atoms with van der Waals surface area (Å²) < 4.78 is 8.88. The quantitative estimate of drug-likeness (QED) is 0.685. The van der Waals surface area contributed by atoms with Gasteiger partial charge in [-0.05, 0) is 43.4 Å². The minimum absolute atomic E-state index is 0.126. The first-order valence-corrected chi connectivity index (χ1v) is 7.74. The summed E-state index contributed by atoms with van der Waals surface area (Å²) in [6.07, 6.45) is 0. The van der Waals surface area contributed by atoms with E-state index in [1.165, 1.54) is 4.88 Å². The second-order valence-electron chi connectivity index (χ2n) is 4.50. The summed E-state index contributed by atoms with van der Waals surface area (Å²) in [5, 5.41) is 0. The van der Waals surface area contributed by atoms with Crippen LogP contribution in [0.1, 0.15) is 17.8 Å². The van der Waals surface area contributed by atoms with Gasteiger partial charge in [0.25, 0.3) is 0 Å². The van der Waals surface area contributed by atoms with Gasteiger partial charge >= 0.3 is 0 Å². The van der Waals surface area contributed by atoms with Gasteiger partial charge in [0.2, 0.25) is 0 Å². The number of nitrogens with one attached hydrogen (secondary N) is 1. The highest BCUT2D eigenvalue weighted by molar-refractivity contribution is 7.71. The Morgan fingerprint density at radius 2 is 2.15 bits per heavy atom. The minimum Gasteiger partial charge on any atom is -0.497 e. The van der Waals surface area contributed by atoms with Crippen molar-refractivity contribution in [2.24, 2.45) is 0 Å². The van der Waals surface area contributed by atoms with Crippen molar-refractivity contribution in [3.63, 3.8) is 0 Å². The van der Waals surface area contributed by atoms with Gasteiger partial charge in [-0.15, -0.1) is 11.3 Å². The molecule has 0 aliphatic heterocycles. The molecule has 2 aromatic heterocycles. The first-order chi connectivity index (χ1) is 9.60. The fourth-order valence-corrected chi connectivity index (χ4v) is 3.76. The number of methoxy groups -OCH3 is 1. The molecule has 1 N–H and O–H groups in total. The molecule has 0 aliphatic carbocycles. The van der Waals surface area contributed by atoms with Crippen molar-refractivity contribution in [2.75, 3.05) is 7.11 Å². The normalized spacial score (nSPS) is 12.8. The van der Waals surface area contributed by atoms with Crippen LogP contribution in [-0.4, -0.2) is 16.7 Å². The Morgan fingerprint density at radius 1 is 1.35 bits per heavy atom. The predicted octanol–water partition coefficient (Wildman–Crippen LogP) is 5.03. The van der Waals surface area contributed by atoms with Crippen molar-refractivity contribution in [1.82, 2.24) is 9.55 Å². The standard InChI is InChI=1S/C14H13ClN2OS2/c1-8(12-5-6-13(15)20-12)17-11-7-9(18-2)3-4-10(11)16-14(17)19/h3-8H,1-2H3,(H,16,19). The van der Waals surface area contributed by atoms with Crippen LogP contribution in [0.3, 0.4) is 0 Å². The summed E-state index contributed by atoms with van der Waals surface area (Å²) in [6.45, 7) is 2.12. The molecule has 6 heteroatoms. The van der Waals surface area contributed by atoms with Gasteiger partial charge in [0.05, 0.1) is 28.5 Å². The number of ether oxygens (including phenoxy) is 1. The lowest BCUT2D eigenvalue weighted by Gasteiger charge is -2.13. The van der Waals surface area contributed by atoms with Gasteiger partial charge in [0, 0.05) is 10.9 Å². The van der Waals surface area contributed by atoms with E-state index in [1.807, 2.05) is 30.3 Å². The van der Waals surface area contributed by atoms with Gasteiger partial charge < -0.3 is 14.3 Å². The molecule has 0 bridgehead atoms. The Hall–Kier alpha value is -1.30. The summed E-state index contributed by atoms with van der Waals surface area (Å²) in [5.74, 6) is 0.816. The molecule has 0 radical (unpaired) electrons. The lowest BCUT2D eigenvalue weighted by atomic mass is 10.2. The largest absolute Gasteiger partial charge is 0.497 e. The second-order valence-corrected chi connectivity index (χ2v) is 6.63. The number of fused-ring (bicyclic) bond motifs is 1. The maximum atomic E-state index is 6.03. The van der Waals surface area contributed by atoms with Crippen LogP contribution in [0.25, 0.3) is 11.0 Å². The molecule has 0 aliphatic rings. The number of imidazole rings is 1. The predicted molar refractivity (Wildman–Crippen MR) is 86.8 cm³/mol. The van der Waals surface area contributed by atoms with E-state index < -0.39 is 0 Å². The molecule has 0 spiro atoms. The fourth-order valence-electron chi connectivity index (χ4n) is 2.29. The number of aromatic nitrogens is 2. The second kappa shape index (κ2) is 5.24. The zero-order valence-electron chi connectivity index (χ0n) is 11.0. The summed E-state index contributed by atoms with van der Waals surface area (Å²) >= 11 is 13.1. The molecule has 1 unspecified atom stereocenters. The van der Waals surface area contributed by atoms with E-state index in [4.69, 9.17) is 28.6 Å². The number of hydrogen-bond acceptors (Lipinski definition) is 3. The molecule has 0 saturated heterocycles. The van der Waals surface area contributed by atoms with Crippen LogP contribution in [0.15, 0.2) is 30.3 Å². The van der Waals surface area contributed by atoms with Crippen molar-refractivity contribution in [1.29, 1.82) is 0 Å². The highest BCUT2D eigenvalue weighted by Gasteiger charge is 2.15. The molecular weight excluding hydrogens is 312 g/mol. The number of H-pyrrole nitrogens is 1. The van der Waals surface area contributed by atoms with Crippen molar-refractivity contribution < 1.29 is 4.74 Å². The van der Waals surface area contributed by atoms with Crippen LogP contribution in [-0.2, 0) is 0 Å². The molecular formula is C14H13ClN2OS2. The number of rotatable bonds is 3. The first kappa shape index (κ1) is 13.7. The zero-order valence-corrected chi connectivity index (χ0v) is 13.4. The van der Waals surface area contributed by atoms with E-state index in [9.17, 15) is 0 Å². The third-order valence-electron chi connectivity index (χ3n) is 3.32. The van der Waals surface area contributed by atoms with Crippen molar-refractivity contribution in [3.8, 4) is 5.75 Å². The van der Waals surface area contributed by atoms with Gasteiger partial charge in [0.15, 0.2) is 4.77 Å². The maximum Gasteiger partial charge on any atom is 0.178 e. The molecule has 3 rings (SSSR count). The number of nitrogens with zero attached hydrogens (tertiary/aromatic N) is 1. The Bertz CT molecular complexity index is 818. The number of halogens is 1. The Labute approximate surface area is 130 Å². The first-order valence-electron chi connectivity index (χ1n) is 6.13. The van der Waals surface area contributed by atoms with Crippen LogP contribution in [0.2, 0.25) is 4.34 Å². The molecule has 3 nitrogen and oxygen atoms in total. The molecule has 1 atom stereocenters. The molecule has 20 heavy (non-hydrogen) atoms. The van der Waals surface area contributed by atoms with E-state index in [0.717, 1.165) is 21.1 Å². The van der Waals surface area contributed by atoms with E-state index in [2.05, 4.69) is 16.5 Å². The van der Waals surface area contributed by atoms with E-state index in [0.29, 0.717) is 4.77 Å². The molecule has 2 heterocycles. The smallest absolute Gasteiger partial charge is 0.178 e. The molecule has 0 amide bonds. The number of aromatic amines is 1. The van der Waals surface area contributed by atoms with Crippen LogP contribution in [0, 0.1) is 4.77 Å². The Morgan fingerprint density at radius 3 is 2.80 bits per heavy atom. The SMILES string of the molecule is COc1ccc2[nH]c(=S)n(C(C)c3ccc(Cl)s3)c2c1. The van der Waals surface area contributed by atoms with Crippen molar-refractivity contribution in [3.05, 3.63) is 44.3 Å². The highest BCUT2D eigenvalue weighted by atomic mass is 35.5. The minimum atomic E-state index is 0.126. The third kappa shape index (κ3) is 2.26. The molecule has 1 aromatic carbocycles. The summed E-state index contributed by atoms with van der Waals surface area (Å²) in [4.78, 5) is 4.41. The maximum absolute atomic E-state index is 6.03. The highest BCUT2D eigenvalue weighted by Crippen LogP contribution is 2.32. The van der Waals surface area contributed by atoms with E-state index in [-0.39, 0.29) is 6.04 Å². The summed E-state index contributed by atoms with van der Waals surface area (Å²) in [6, 6.07) is 9.98. The van der Waals surface area contributed by atoms with E-state index in [1.54, 1.807) is 18.4 Å². The summed E-state index contributed by atoms with van der Waals surface area (Å²) in [7, 11) is 1.66. The van der Waals surface area contributed by atoms with Gasteiger partial charge in [-0.3, -0.25) is 0 Å².